The molecule has 0 aliphatic heterocycles. The Hall–Kier alpha value is -0.610. The maximum absolute atomic E-state index is 11.4. The molecule has 0 aromatic heterocycles. The fourth-order valence-electron chi connectivity index (χ4n) is 1.78. The largest absolute Gasteiger partial charge is 0.396 e. The minimum absolute atomic E-state index is 0.108. The third-order valence-corrected chi connectivity index (χ3v) is 3.27. The standard InChI is InChI=1S/C12H23NO3/c1-16-9-7-12(5-6-12)10-13-11(15)4-2-3-8-14/h14H,2-10H2,1H3,(H,13,15). The second-order valence-electron chi connectivity index (χ2n) is 4.70. The van der Waals surface area contributed by atoms with E-state index in [9.17, 15) is 4.79 Å². The Labute approximate surface area is 97.4 Å². The van der Waals surface area contributed by atoms with E-state index in [1.807, 2.05) is 0 Å². The van der Waals surface area contributed by atoms with Gasteiger partial charge in [-0.1, -0.05) is 0 Å². The van der Waals surface area contributed by atoms with Crippen molar-refractivity contribution in [2.75, 3.05) is 26.9 Å². The predicted molar refractivity (Wildman–Crippen MR) is 62.1 cm³/mol. The molecule has 0 bridgehead atoms. The van der Waals surface area contributed by atoms with Gasteiger partial charge in [0.15, 0.2) is 0 Å². The van der Waals surface area contributed by atoms with E-state index >= 15 is 0 Å². The molecular formula is C12H23NO3. The van der Waals surface area contributed by atoms with Crippen LogP contribution in [0.25, 0.3) is 0 Å². The molecule has 1 amide bonds. The average Bonchev–Trinajstić information content (AvgIpc) is 3.05. The summed E-state index contributed by atoms with van der Waals surface area (Å²) in [5.41, 5.74) is 0.322. The summed E-state index contributed by atoms with van der Waals surface area (Å²) >= 11 is 0. The highest BCUT2D eigenvalue weighted by atomic mass is 16.5. The lowest BCUT2D eigenvalue weighted by Crippen LogP contribution is -2.30. The Kier molecular flexibility index (Phi) is 5.77. The van der Waals surface area contributed by atoms with Gasteiger partial charge in [-0.2, -0.15) is 0 Å². The van der Waals surface area contributed by atoms with Crippen molar-refractivity contribution in [3.63, 3.8) is 0 Å². The van der Waals surface area contributed by atoms with Crippen LogP contribution in [-0.4, -0.2) is 37.9 Å². The van der Waals surface area contributed by atoms with Gasteiger partial charge in [-0.05, 0) is 37.5 Å². The van der Waals surface area contributed by atoms with Crippen LogP contribution in [0.5, 0.6) is 0 Å². The van der Waals surface area contributed by atoms with Crippen LogP contribution >= 0.6 is 0 Å². The summed E-state index contributed by atoms with van der Waals surface area (Å²) in [4.78, 5) is 11.4. The first-order valence-corrected chi connectivity index (χ1v) is 6.09. The first-order valence-electron chi connectivity index (χ1n) is 6.09. The number of amides is 1. The molecule has 1 aliphatic rings. The van der Waals surface area contributed by atoms with Crippen molar-refractivity contribution in [2.45, 2.75) is 38.5 Å². The van der Waals surface area contributed by atoms with Gasteiger partial charge >= 0.3 is 0 Å². The molecule has 0 aromatic rings. The fourth-order valence-corrected chi connectivity index (χ4v) is 1.78. The normalized spacial score (nSPS) is 17.1. The summed E-state index contributed by atoms with van der Waals surface area (Å²) in [6.45, 7) is 1.74. The maximum atomic E-state index is 11.4. The Morgan fingerprint density at radius 1 is 1.44 bits per heavy atom. The van der Waals surface area contributed by atoms with E-state index in [0.29, 0.717) is 18.3 Å². The summed E-state index contributed by atoms with van der Waals surface area (Å²) in [7, 11) is 1.71. The predicted octanol–water partition coefficient (Wildman–Crippen LogP) is 1.08. The third kappa shape index (κ3) is 4.94. The molecule has 1 aliphatic carbocycles. The van der Waals surface area contributed by atoms with E-state index in [0.717, 1.165) is 26.0 Å². The summed E-state index contributed by atoms with van der Waals surface area (Å²) in [6.07, 6.45) is 5.46. The number of carbonyl (C=O) groups excluding carboxylic acids is 1. The Morgan fingerprint density at radius 3 is 2.75 bits per heavy atom. The van der Waals surface area contributed by atoms with Gasteiger partial charge in [0.05, 0.1) is 0 Å². The highest BCUT2D eigenvalue weighted by Crippen LogP contribution is 2.48. The topological polar surface area (TPSA) is 58.6 Å². The summed E-state index contributed by atoms with van der Waals surface area (Å²) in [5, 5.41) is 11.6. The highest BCUT2D eigenvalue weighted by Gasteiger charge is 2.41. The molecule has 0 radical (unpaired) electrons. The van der Waals surface area contributed by atoms with Gasteiger partial charge in [0, 0.05) is 33.3 Å². The lowest BCUT2D eigenvalue weighted by Gasteiger charge is -2.15. The van der Waals surface area contributed by atoms with Gasteiger partial charge < -0.3 is 15.2 Å². The number of hydrogen-bond acceptors (Lipinski definition) is 3. The molecule has 1 fully saturated rings. The Balaban J connectivity index is 2.07. The number of ether oxygens (including phenoxy) is 1. The fraction of sp³-hybridized carbons (Fsp3) is 0.917. The molecule has 0 spiro atoms. The van der Waals surface area contributed by atoms with Crippen LogP contribution in [-0.2, 0) is 9.53 Å². The lowest BCUT2D eigenvalue weighted by molar-refractivity contribution is -0.121. The van der Waals surface area contributed by atoms with Gasteiger partial charge in [-0.15, -0.1) is 0 Å². The first-order chi connectivity index (χ1) is 7.72. The molecule has 2 N–H and O–H groups in total. The van der Waals surface area contributed by atoms with Gasteiger partial charge in [0.2, 0.25) is 5.91 Å². The number of aliphatic hydroxyl groups excluding tert-OH is 1. The Bertz CT molecular complexity index is 214. The number of aliphatic hydroxyl groups is 1. The molecule has 16 heavy (non-hydrogen) atoms. The number of unbranched alkanes of at least 4 members (excludes halogenated alkanes) is 1. The van der Waals surface area contributed by atoms with Crippen LogP contribution in [0.3, 0.4) is 0 Å². The van der Waals surface area contributed by atoms with Crippen molar-refractivity contribution in [2.24, 2.45) is 5.41 Å². The van der Waals surface area contributed by atoms with Crippen LogP contribution in [0.4, 0.5) is 0 Å². The average molecular weight is 229 g/mol. The quantitative estimate of drug-likeness (QED) is 0.582. The van der Waals surface area contributed by atoms with Crippen LogP contribution in [0.15, 0.2) is 0 Å². The number of rotatable bonds is 9. The molecule has 0 unspecified atom stereocenters. The zero-order chi connectivity index (χ0) is 11.9. The maximum Gasteiger partial charge on any atom is 0.220 e. The summed E-state index contributed by atoms with van der Waals surface area (Å²) < 4.78 is 5.06. The molecule has 0 aromatic carbocycles. The van der Waals surface area contributed by atoms with E-state index in [1.54, 1.807) is 7.11 Å². The van der Waals surface area contributed by atoms with E-state index < -0.39 is 0 Å². The smallest absolute Gasteiger partial charge is 0.220 e. The minimum Gasteiger partial charge on any atom is -0.396 e. The first kappa shape index (κ1) is 13.5. The zero-order valence-electron chi connectivity index (χ0n) is 10.1. The van der Waals surface area contributed by atoms with E-state index in [-0.39, 0.29) is 12.5 Å². The second-order valence-corrected chi connectivity index (χ2v) is 4.70. The van der Waals surface area contributed by atoms with Crippen molar-refractivity contribution in [1.29, 1.82) is 0 Å². The van der Waals surface area contributed by atoms with Crippen LogP contribution < -0.4 is 5.32 Å². The molecule has 0 atom stereocenters. The zero-order valence-corrected chi connectivity index (χ0v) is 10.1. The van der Waals surface area contributed by atoms with E-state index in [1.165, 1.54) is 12.8 Å². The molecule has 0 saturated heterocycles. The Morgan fingerprint density at radius 2 is 2.19 bits per heavy atom. The molecular weight excluding hydrogens is 206 g/mol. The number of carbonyl (C=O) groups is 1. The number of methoxy groups -OCH3 is 1. The van der Waals surface area contributed by atoms with Crippen molar-refractivity contribution >= 4 is 5.91 Å². The second kappa shape index (κ2) is 6.86. The van der Waals surface area contributed by atoms with Gasteiger partial charge in [-0.3, -0.25) is 4.79 Å². The lowest BCUT2D eigenvalue weighted by atomic mass is 10.0. The van der Waals surface area contributed by atoms with Crippen molar-refractivity contribution in [3.05, 3.63) is 0 Å². The summed E-state index contributed by atoms with van der Waals surface area (Å²) in [5.74, 6) is 0.108. The molecule has 94 valence electrons. The minimum atomic E-state index is 0.108. The van der Waals surface area contributed by atoms with Crippen molar-refractivity contribution in [1.82, 2.24) is 5.32 Å². The highest BCUT2D eigenvalue weighted by molar-refractivity contribution is 5.75. The van der Waals surface area contributed by atoms with Gasteiger partial charge in [0.1, 0.15) is 0 Å². The SMILES string of the molecule is COCCC1(CNC(=O)CCCCO)CC1. The van der Waals surface area contributed by atoms with Gasteiger partial charge in [-0.25, -0.2) is 0 Å². The van der Waals surface area contributed by atoms with Gasteiger partial charge in [0.25, 0.3) is 0 Å². The number of nitrogens with one attached hydrogen (secondary N) is 1. The molecule has 0 heterocycles. The van der Waals surface area contributed by atoms with E-state index in [2.05, 4.69) is 5.32 Å². The summed E-state index contributed by atoms with van der Waals surface area (Å²) in [6, 6.07) is 0. The molecule has 4 heteroatoms. The van der Waals surface area contributed by atoms with Crippen molar-refractivity contribution < 1.29 is 14.6 Å². The van der Waals surface area contributed by atoms with E-state index in [4.69, 9.17) is 9.84 Å². The molecule has 1 saturated carbocycles. The van der Waals surface area contributed by atoms with Crippen LogP contribution in [0, 0.1) is 5.41 Å². The molecule has 4 nitrogen and oxygen atoms in total. The van der Waals surface area contributed by atoms with Crippen LogP contribution in [0.2, 0.25) is 0 Å². The van der Waals surface area contributed by atoms with Crippen molar-refractivity contribution in [3.8, 4) is 0 Å². The third-order valence-electron chi connectivity index (χ3n) is 3.27. The number of hydrogen-bond donors (Lipinski definition) is 2. The van der Waals surface area contributed by atoms with Crippen LogP contribution in [0.1, 0.15) is 38.5 Å². The monoisotopic (exact) mass is 229 g/mol. The molecule has 1 rings (SSSR count).